The van der Waals surface area contributed by atoms with Crippen LogP contribution in [-0.2, 0) is 0 Å². The van der Waals surface area contributed by atoms with E-state index in [1.54, 1.807) is 5.38 Å². The number of primary amides is 1. The Kier molecular flexibility index (Phi) is 3.38. The number of hydrogen-bond acceptors (Lipinski definition) is 3. The third kappa shape index (κ3) is 2.54. The van der Waals surface area contributed by atoms with Crippen LogP contribution in [-0.4, -0.2) is 11.8 Å². The van der Waals surface area contributed by atoms with Crippen molar-refractivity contribution in [3.05, 3.63) is 52.7 Å². The van der Waals surface area contributed by atoms with E-state index in [1.165, 1.54) is 41.7 Å². The zero-order valence-corrected chi connectivity index (χ0v) is 9.96. The van der Waals surface area contributed by atoms with Gasteiger partial charge in [-0.2, -0.15) is 0 Å². The Bertz CT molecular complexity index is 592. The molecule has 4 nitrogen and oxygen atoms in total. The molecule has 3 N–H and O–H groups in total. The Hall–Kier alpha value is -2.21. The molecule has 6 heteroatoms. The zero-order chi connectivity index (χ0) is 13.1. The van der Waals surface area contributed by atoms with Crippen molar-refractivity contribution in [3.8, 4) is 0 Å². The lowest BCUT2D eigenvalue weighted by atomic mass is 10.2. The molecule has 0 bridgehead atoms. The van der Waals surface area contributed by atoms with Crippen molar-refractivity contribution in [2.24, 2.45) is 5.73 Å². The maximum atomic E-state index is 12.7. The summed E-state index contributed by atoms with van der Waals surface area (Å²) < 4.78 is 12.7. The fourth-order valence-electron chi connectivity index (χ4n) is 1.38. The topological polar surface area (TPSA) is 72.2 Å². The quantitative estimate of drug-likeness (QED) is 0.892. The van der Waals surface area contributed by atoms with Crippen molar-refractivity contribution in [2.45, 2.75) is 0 Å². The lowest BCUT2D eigenvalue weighted by molar-refractivity contribution is 0.100. The van der Waals surface area contributed by atoms with E-state index in [-0.39, 0.29) is 5.56 Å². The Labute approximate surface area is 106 Å². The second-order valence-electron chi connectivity index (χ2n) is 3.49. The summed E-state index contributed by atoms with van der Waals surface area (Å²) in [6.45, 7) is 0. The average Bonchev–Trinajstić information content (AvgIpc) is 2.78. The SMILES string of the molecule is NC(=O)c1ccsc1NC(=O)c1ccc(F)cc1. The molecule has 1 heterocycles. The number of benzene rings is 1. The van der Waals surface area contributed by atoms with Gasteiger partial charge in [0, 0.05) is 5.56 Å². The van der Waals surface area contributed by atoms with Crippen LogP contribution in [0.2, 0.25) is 0 Å². The minimum Gasteiger partial charge on any atom is -0.366 e. The molecular formula is C12H9FN2O2S. The van der Waals surface area contributed by atoms with Gasteiger partial charge in [0.2, 0.25) is 0 Å². The van der Waals surface area contributed by atoms with Crippen molar-refractivity contribution in [1.82, 2.24) is 0 Å². The predicted octanol–water partition coefficient (Wildman–Crippen LogP) is 2.24. The molecule has 0 aliphatic rings. The van der Waals surface area contributed by atoms with Gasteiger partial charge in [-0.3, -0.25) is 9.59 Å². The highest BCUT2D eigenvalue weighted by Crippen LogP contribution is 2.23. The van der Waals surface area contributed by atoms with E-state index in [0.29, 0.717) is 10.6 Å². The number of amides is 2. The lowest BCUT2D eigenvalue weighted by Crippen LogP contribution is -2.16. The van der Waals surface area contributed by atoms with Gasteiger partial charge in [-0.1, -0.05) is 0 Å². The summed E-state index contributed by atoms with van der Waals surface area (Å²) in [6, 6.07) is 6.65. The van der Waals surface area contributed by atoms with Crippen LogP contribution >= 0.6 is 11.3 Å². The van der Waals surface area contributed by atoms with Gasteiger partial charge in [0.05, 0.1) is 5.56 Å². The number of carbonyl (C=O) groups excluding carboxylic acids is 2. The van der Waals surface area contributed by atoms with E-state index in [0.717, 1.165) is 0 Å². The summed E-state index contributed by atoms with van der Waals surface area (Å²) in [5.74, 6) is -1.44. The fraction of sp³-hybridized carbons (Fsp3) is 0. The van der Waals surface area contributed by atoms with Gasteiger partial charge in [-0.05, 0) is 35.7 Å². The van der Waals surface area contributed by atoms with Crippen molar-refractivity contribution in [3.63, 3.8) is 0 Å². The number of thiophene rings is 1. The van der Waals surface area contributed by atoms with Gasteiger partial charge in [-0.25, -0.2) is 4.39 Å². The molecule has 1 aromatic carbocycles. The van der Waals surface area contributed by atoms with E-state index in [9.17, 15) is 14.0 Å². The Balaban J connectivity index is 2.19. The van der Waals surface area contributed by atoms with Crippen LogP contribution in [0.5, 0.6) is 0 Å². The number of hydrogen-bond donors (Lipinski definition) is 2. The summed E-state index contributed by atoms with van der Waals surface area (Å²) in [6.07, 6.45) is 0. The predicted molar refractivity (Wildman–Crippen MR) is 67.2 cm³/mol. The molecule has 92 valence electrons. The van der Waals surface area contributed by atoms with Crippen LogP contribution in [0.15, 0.2) is 35.7 Å². The first-order valence-corrected chi connectivity index (χ1v) is 5.90. The molecule has 0 saturated heterocycles. The smallest absolute Gasteiger partial charge is 0.256 e. The molecule has 0 unspecified atom stereocenters. The molecule has 2 rings (SSSR count). The molecule has 18 heavy (non-hydrogen) atoms. The largest absolute Gasteiger partial charge is 0.366 e. The third-order valence-corrected chi connectivity index (χ3v) is 3.09. The normalized spacial score (nSPS) is 10.1. The minimum absolute atomic E-state index is 0.260. The van der Waals surface area contributed by atoms with Crippen LogP contribution in [0.4, 0.5) is 9.39 Å². The van der Waals surface area contributed by atoms with Crippen LogP contribution < -0.4 is 11.1 Å². The molecule has 0 atom stereocenters. The number of rotatable bonds is 3. The second-order valence-corrected chi connectivity index (χ2v) is 4.40. The van der Waals surface area contributed by atoms with Crippen molar-refractivity contribution in [2.75, 3.05) is 5.32 Å². The van der Waals surface area contributed by atoms with Gasteiger partial charge in [-0.15, -0.1) is 11.3 Å². The summed E-state index contributed by atoms with van der Waals surface area (Å²) in [4.78, 5) is 22.9. The standard InChI is InChI=1S/C12H9FN2O2S/c13-8-3-1-7(2-4-8)11(17)15-12-9(10(14)16)5-6-18-12/h1-6H,(H2,14,16)(H,15,17). The van der Waals surface area contributed by atoms with Gasteiger partial charge in [0.1, 0.15) is 10.8 Å². The summed E-state index contributed by atoms with van der Waals surface area (Å²) in [5.41, 5.74) is 5.73. The Morgan fingerprint density at radius 3 is 2.44 bits per heavy atom. The van der Waals surface area contributed by atoms with Crippen molar-refractivity contribution >= 4 is 28.2 Å². The zero-order valence-electron chi connectivity index (χ0n) is 9.14. The summed E-state index contributed by atoms with van der Waals surface area (Å²) in [5, 5.41) is 4.60. The Morgan fingerprint density at radius 2 is 1.83 bits per heavy atom. The molecule has 2 aromatic rings. The Morgan fingerprint density at radius 1 is 1.17 bits per heavy atom. The van der Waals surface area contributed by atoms with Crippen LogP contribution in [0, 0.1) is 5.82 Å². The maximum Gasteiger partial charge on any atom is 0.256 e. The molecule has 0 aliphatic carbocycles. The number of anilines is 1. The van der Waals surface area contributed by atoms with Crippen molar-refractivity contribution < 1.29 is 14.0 Å². The van der Waals surface area contributed by atoms with Crippen LogP contribution in [0.3, 0.4) is 0 Å². The summed E-state index contributed by atoms with van der Waals surface area (Å²) in [7, 11) is 0. The van der Waals surface area contributed by atoms with Gasteiger partial charge in [0.25, 0.3) is 11.8 Å². The molecule has 2 amide bonds. The van der Waals surface area contributed by atoms with Gasteiger partial charge < -0.3 is 11.1 Å². The first-order chi connectivity index (χ1) is 8.58. The van der Waals surface area contributed by atoms with Gasteiger partial charge >= 0.3 is 0 Å². The first-order valence-electron chi connectivity index (χ1n) is 5.02. The molecule has 0 spiro atoms. The number of carbonyl (C=O) groups is 2. The average molecular weight is 264 g/mol. The van der Waals surface area contributed by atoms with E-state index >= 15 is 0 Å². The van der Waals surface area contributed by atoms with E-state index in [2.05, 4.69) is 5.32 Å². The highest BCUT2D eigenvalue weighted by molar-refractivity contribution is 7.14. The maximum absolute atomic E-state index is 12.7. The monoisotopic (exact) mass is 264 g/mol. The molecule has 0 radical (unpaired) electrons. The summed E-state index contributed by atoms with van der Waals surface area (Å²) >= 11 is 1.20. The first kappa shape index (κ1) is 12.3. The number of halogens is 1. The number of nitrogens with two attached hydrogens (primary N) is 1. The molecular weight excluding hydrogens is 255 g/mol. The molecule has 0 aliphatic heterocycles. The number of nitrogens with one attached hydrogen (secondary N) is 1. The lowest BCUT2D eigenvalue weighted by Gasteiger charge is -2.04. The highest BCUT2D eigenvalue weighted by atomic mass is 32.1. The minimum atomic E-state index is -0.606. The van der Waals surface area contributed by atoms with E-state index in [1.807, 2.05) is 0 Å². The van der Waals surface area contributed by atoms with Gasteiger partial charge in [0.15, 0.2) is 0 Å². The third-order valence-electron chi connectivity index (χ3n) is 2.26. The van der Waals surface area contributed by atoms with E-state index in [4.69, 9.17) is 5.73 Å². The highest BCUT2D eigenvalue weighted by Gasteiger charge is 2.13. The van der Waals surface area contributed by atoms with E-state index < -0.39 is 17.6 Å². The second kappa shape index (κ2) is 4.97. The molecule has 1 aromatic heterocycles. The molecule has 0 saturated carbocycles. The fourth-order valence-corrected chi connectivity index (χ4v) is 2.16. The van der Waals surface area contributed by atoms with Crippen molar-refractivity contribution in [1.29, 1.82) is 0 Å². The van der Waals surface area contributed by atoms with Crippen LogP contribution in [0.1, 0.15) is 20.7 Å². The molecule has 0 fully saturated rings. The van der Waals surface area contributed by atoms with Crippen LogP contribution in [0.25, 0.3) is 0 Å².